The molecule has 0 aliphatic carbocycles. The van der Waals surface area contributed by atoms with Gasteiger partial charge in [0.1, 0.15) is 0 Å². The number of hydrogen-bond acceptors (Lipinski definition) is 1. The maximum Gasteiger partial charge on any atom is 0.0581 e. The molecule has 1 aliphatic rings. The van der Waals surface area contributed by atoms with E-state index in [0.29, 0.717) is 6.10 Å². The predicted octanol–water partition coefficient (Wildman–Crippen LogP) is 2.82. The van der Waals surface area contributed by atoms with Crippen LogP contribution in [0.5, 0.6) is 0 Å². The van der Waals surface area contributed by atoms with Gasteiger partial charge in [-0.2, -0.15) is 0 Å². The highest BCUT2D eigenvalue weighted by Gasteiger charge is 2.25. The van der Waals surface area contributed by atoms with E-state index in [0.717, 1.165) is 18.9 Å². The Hall–Kier alpha value is 0.250. The fourth-order valence-electron chi connectivity index (χ4n) is 1.48. The van der Waals surface area contributed by atoms with E-state index >= 15 is 0 Å². The molecule has 0 radical (unpaired) electrons. The summed E-state index contributed by atoms with van der Waals surface area (Å²) in [7, 11) is 0. The normalized spacial score (nSPS) is 25.9. The molecule has 1 nitrogen and oxygen atoms in total. The third-order valence-electron chi connectivity index (χ3n) is 2.17. The lowest BCUT2D eigenvalue weighted by Gasteiger charge is -2.24. The van der Waals surface area contributed by atoms with E-state index in [1.54, 1.807) is 0 Å². The molecule has 1 unspecified atom stereocenters. The van der Waals surface area contributed by atoms with E-state index in [1.807, 2.05) is 0 Å². The molecule has 1 saturated heterocycles. The van der Waals surface area contributed by atoms with Gasteiger partial charge in [-0.15, -0.1) is 11.6 Å². The molecule has 66 valence electrons. The van der Waals surface area contributed by atoms with Crippen molar-refractivity contribution in [2.45, 2.75) is 39.2 Å². The van der Waals surface area contributed by atoms with Crippen molar-refractivity contribution in [3.63, 3.8) is 0 Å². The lowest BCUT2D eigenvalue weighted by atomic mass is 9.88. The lowest BCUT2D eigenvalue weighted by molar-refractivity contribution is 0.0771. The molecule has 0 aromatic rings. The first kappa shape index (κ1) is 9.34. The molecule has 0 N–H and O–H groups in total. The monoisotopic (exact) mass is 176 g/mol. The first-order valence-corrected chi connectivity index (χ1v) is 4.85. The Kier molecular flexibility index (Phi) is 3.20. The van der Waals surface area contributed by atoms with E-state index in [1.165, 1.54) is 12.8 Å². The average Bonchev–Trinajstić information content (AvgIpc) is 2.39. The average molecular weight is 177 g/mol. The van der Waals surface area contributed by atoms with E-state index in [-0.39, 0.29) is 5.41 Å². The lowest BCUT2D eigenvalue weighted by Crippen LogP contribution is -2.21. The molecule has 0 aromatic heterocycles. The van der Waals surface area contributed by atoms with Crippen molar-refractivity contribution < 1.29 is 4.74 Å². The van der Waals surface area contributed by atoms with Gasteiger partial charge in [0.25, 0.3) is 0 Å². The van der Waals surface area contributed by atoms with Gasteiger partial charge in [-0.3, -0.25) is 0 Å². The first-order valence-electron chi connectivity index (χ1n) is 4.32. The zero-order valence-corrected chi connectivity index (χ0v) is 8.16. The molecule has 1 atom stereocenters. The minimum absolute atomic E-state index is 0.247. The molecule has 2 heteroatoms. The summed E-state index contributed by atoms with van der Waals surface area (Å²) in [4.78, 5) is 0. The van der Waals surface area contributed by atoms with Crippen LogP contribution >= 0.6 is 11.6 Å². The zero-order valence-electron chi connectivity index (χ0n) is 7.40. The molecule has 0 bridgehead atoms. The Labute approximate surface area is 74.1 Å². The Balaban J connectivity index is 2.28. The van der Waals surface area contributed by atoms with Gasteiger partial charge >= 0.3 is 0 Å². The third-order valence-corrected chi connectivity index (χ3v) is 2.89. The van der Waals surface area contributed by atoms with Crippen LogP contribution in [0, 0.1) is 5.41 Å². The van der Waals surface area contributed by atoms with Crippen molar-refractivity contribution in [1.29, 1.82) is 0 Å². The molecule has 1 fully saturated rings. The van der Waals surface area contributed by atoms with Gasteiger partial charge in [0, 0.05) is 12.5 Å². The molecule has 0 spiro atoms. The Morgan fingerprint density at radius 1 is 1.55 bits per heavy atom. The number of ether oxygens (including phenoxy) is 1. The summed E-state index contributed by atoms with van der Waals surface area (Å²) < 4.78 is 5.53. The predicted molar refractivity (Wildman–Crippen MR) is 48.1 cm³/mol. The Morgan fingerprint density at radius 3 is 2.73 bits per heavy atom. The number of halogens is 1. The third kappa shape index (κ3) is 3.00. The summed E-state index contributed by atoms with van der Waals surface area (Å²) >= 11 is 5.82. The van der Waals surface area contributed by atoms with Crippen LogP contribution in [0.25, 0.3) is 0 Å². The van der Waals surface area contributed by atoms with Crippen LogP contribution in [0.15, 0.2) is 0 Å². The first-order chi connectivity index (χ1) is 5.14. The highest BCUT2D eigenvalue weighted by Crippen LogP contribution is 2.29. The van der Waals surface area contributed by atoms with Gasteiger partial charge in [0.2, 0.25) is 0 Å². The van der Waals surface area contributed by atoms with Crippen molar-refractivity contribution in [1.82, 2.24) is 0 Å². The second kappa shape index (κ2) is 3.77. The zero-order chi connectivity index (χ0) is 8.32. The maximum atomic E-state index is 5.82. The van der Waals surface area contributed by atoms with Crippen LogP contribution in [-0.2, 0) is 4.74 Å². The van der Waals surface area contributed by atoms with Crippen LogP contribution in [0.2, 0.25) is 0 Å². The fourth-order valence-corrected chi connectivity index (χ4v) is 1.59. The molecule has 0 saturated carbocycles. The second-order valence-corrected chi connectivity index (χ2v) is 4.40. The molecule has 1 rings (SSSR count). The Bertz CT molecular complexity index is 117. The van der Waals surface area contributed by atoms with Crippen LogP contribution in [0.4, 0.5) is 0 Å². The van der Waals surface area contributed by atoms with Crippen LogP contribution < -0.4 is 0 Å². The smallest absolute Gasteiger partial charge is 0.0581 e. The van der Waals surface area contributed by atoms with Crippen LogP contribution in [0.1, 0.15) is 33.1 Å². The number of rotatable bonds is 3. The summed E-state index contributed by atoms with van der Waals surface area (Å²) in [5.41, 5.74) is 0.247. The summed E-state index contributed by atoms with van der Waals surface area (Å²) in [5, 5.41) is 0. The van der Waals surface area contributed by atoms with Crippen molar-refractivity contribution in [2.24, 2.45) is 5.41 Å². The van der Waals surface area contributed by atoms with Gasteiger partial charge in [0.15, 0.2) is 0 Å². The SMILES string of the molecule is CC(C)(CCl)CC1CCCO1. The minimum Gasteiger partial charge on any atom is -0.378 e. The molecular formula is C9H17ClO. The molecule has 1 aliphatic heterocycles. The standard InChI is InChI=1S/C9H17ClO/c1-9(2,7-10)6-8-4-3-5-11-8/h8H,3-7H2,1-2H3. The molecule has 0 aromatic carbocycles. The topological polar surface area (TPSA) is 9.23 Å². The van der Waals surface area contributed by atoms with Crippen molar-refractivity contribution in [3.05, 3.63) is 0 Å². The number of hydrogen-bond donors (Lipinski definition) is 0. The summed E-state index contributed by atoms with van der Waals surface area (Å²) in [6.45, 7) is 5.34. The van der Waals surface area contributed by atoms with Crippen molar-refractivity contribution >= 4 is 11.6 Å². The van der Waals surface area contributed by atoms with Gasteiger partial charge in [-0.1, -0.05) is 13.8 Å². The van der Waals surface area contributed by atoms with Gasteiger partial charge in [-0.25, -0.2) is 0 Å². The highest BCUT2D eigenvalue weighted by molar-refractivity contribution is 6.18. The summed E-state index contributed by atoms with van der Waals surface area (Å²) in [6.07, 6.45) is 4.03. The Morgan fingerprint density at radius 2 is 2.27 bits per heavy atom. The van der Waals surface area contributed by atoms with Gasteiger partial charge < -0.3 is 4.74 Å². The van der Waals surface area contributed by atoms with E-state index < -0.39 is 0 Å². The second-order valence-electron chi connectivity index (χ2n) is 4.14. The maximum absolute atomic E-state index is 5.82. The molecular weight excluding hydrogens is 160 g/mol. The van der Waals surface area contributed by atoms with E-state index in [9.17, 15) is 0 Å². The molecule has 11 heavy (non-hydrogen) atoms. The van der Waals surface area contributed by atoms with Crippen molar-refractivity contribution in [3.8, 4) is 0 Å². The van der Waals surface area contributed by atoms with Gasteiger partial charge in [-0.05, 0) is 24.7 Å². The van der Waals surface area contributed by atoms with Crippen molar-refractivity contribution in [2.75, 3.05) is 12.5 Å². The van der Waals surface area contributed by atoms with Gasteiger partial charge in [0.05, 0.1) is 6.10 Å². The number of alkyl halides is 1. The minimum atomic E-state index is 0.247. The molecule has 1 heterocycles. The van der Waals surface area contributed by atoms with E-state index in [4.69, 9.17) is 16.3 Å². The van der Waals surface area contributed by atoms with Crippen LogP contribution in [0.3, 0.4) is 0 Å². The largest absolute Gasteiger partial charge is 0.378 e. The van der Waals surface area contributed by atoms with E-state index in [2.05, 4.69) is 13.8 Å². The highest BCUT2D eigenvalue weighted by atomic mass is 35.5. The summed E-state index contributed by atoms with van der Waals surface area (Å²) in [5.74, 6) is 0.729. The summed E-state index contributed by atoms with van der Waals surface area (Å²) in [6, 6.07) is 0. The fraction of sp³-hybridized carbons (Fsp3) is 1.00. The van der Waals surface area contributed by atoms with Crippen LogP contribution in [-0.4, -0.2) is 18.6 Å². The molecule has 0 amide bonds. The quantitative estimate of drug-likeness (QED) is 0.601.